The van der Waals surface area contributed by atoms with Gasteiger partial charge < -0.3 is 15.2 Å². The molecule has 3 aromatic rings. The van der Waals surface area contributed by atoms with Gasteiger partial charge in [0, 0.05) is 41.5 Å². The van der Waals surface area contributed by atoms with Crippen molar-refractivity contribution in [2.45, 2.75) is 64.8 Å². The SMILES string of the molecule is CC(C)C(=O)c1ccc2c(c1)CCN(CC[C@H]1CC[C@H](NC(=O)c3cc4ccccc4[nH]3)CC1)CC2. The Balaban J connectivity index is 1.06. The molecule has 2 N–H and O–H groups in total. The van der Waals surface area contributed by atoms with E-state index in [1.165, 1.54) is 30.4 Å². The van der Waals surface area contributed by atoms with Crippen molar-refractivity contribution in [3.63, 3.8) is 0 Å². The summed E-state index contributed by atoms with van der Waals surface area (Å²) < 4.78 is 0. The number of ketones is 1. The van der Waals surface area contributed by atoms with Crippen molar-refractivity contribution in [2.24, 2.45) is 11.8 Å². The van der Waals surface area contributed by atoms with Gasteiger partial charge in [-0.3, -0.25) is 9.59 Å². The number of hydrogen-bond acceptors (Lipinski definition) is 3. The number of Topliss-reactive ketones (excluding diaryl/α,β-unsaturated/α-hetero) is 1. The molecular weight excluding hydrogens is 446 g/mol. The summed E-state index contributed by atoms with van der Waals surface area (Å²) in [5.74, 6) is 1.04. The number of fused-ring (bicyclic) bond motifs is 2. The summed E-state index contributed by atoms with van der Waals surface area (Å²) in [4.78, 5) is 31.0. The third-order valence-corrected chi connectivity index (χ3v) is 8.22. The molecule has 1 aliphatic heterocycles. The summed E-state index contributed by atoms with van der Waals surface area (Å²) in [6.45, 7) is 7.26. The van der Waals surface area contributed by atoms with Gasteiger partial charge >= 0.3 is 0 Å². The Morgan fingerprint density at radius 3 is 2.47 bits per heavy atom. The fourth-order valence-electron chi connectivity index (χ4n) is 5.90. The molecule has 0 radical (unpaired) electrons. The van der Waals surface area contributed by atoms with Crippen LogP contribution in [0.15, 0.2) is 48.5 Å². The lowest BCUT2D eigenvalue weighted by Gasteiger charge is -2.30. The van der Waals surface area contributed by atoms with Crippen LogP contribution in [0.1, 0.15) is 77.9 Å². The molecule has 5 nitrogen and oxygen atoms in total. The first-order valence-electron chi connectivity index (χ1n) is 13.7. The Hall–Kier alpha value is -2.92. The van der Waals surface area contributed by atoms with Gasteiger partial charge in [0.2, 0.25) is 0 Å². The van der Waals surface area contributed by atoms with E-state index >= 15 is 0 Å². The van der Waals surface area contributed by atoms with Crippen molar-refractivity contribution in [3.8, 4) is 0 Å². The molecule has 1 aliphatic carbocycles. The van der Waals surface area contributed by atoms with E-state index < -0.39 is 0 Å². The molecule has 0 saturated heterocycles. The van der Waals surface area contributed by atoms with Crippen LogP contribution in [-0.2, 0) is 12.8 Å². The second-order valence-electron chi connectivity index (χ2n) is 11.1. The quantitative estimate of drug-likeness (QED) is 0.417. The zero-order valence-corrected chi connectivity index (χ0v) is 21.7. The number of aromatic amines is 1. The van der Waals surface area contributed by atoms with Crippen LogP contribution in [0.25, 0.3) is 10.9 Å². The number of H-pyrrole nitrogens is 1. The van der Waals surface area contributed by atoms with Gasteiger partial charge in [-0.05, 0) is 86.7 Å². The molecule has 0 atom stereocenters. The maximum absolute atomic E-state index is 12.7. The topological polar surface area (TPSA) is 65.2 Å². The third kappa shape index (κ3) is 5.73. The number of benzene rings is 2. The lowest BCUT2D eigenvalue weighted by atomic mass is 9.84. The van der Waals surface area contributed by atoms with E-state index in [1.54, 1.807) is 0 Å². The maximum Gasteiger partial charge on any atom is 0.267 e. The second kappa shape index (κ2) is 11.0. The van der Waals surface area contributed by atoms with E-state index in [4.69, 9.17) is 0 Å². The average molecular weight is 486 g/mol. The number of amides is 1. The van der Waals surface area contributed by atoms with Crippen molar-refractivity contribution < 1.29 is 9.59 Å². The number of para-hydroxylation sites is 1. The smallest absolute Gasteiger partial charge is 0.267 e. The first-order valence-corrected chi connectivity index (χ1v) is 13.7. The number of nitrogens with one attached hydrogen (secondary N) is 2. The maximum atomic E-state index is 12.7. The molecule has 1 aromatic heterocycles. The molecule has 5 rings (SSSR count). The van der Waals surface area contributed by atoms with E-state index in [9.17, 15) is 9.59 Å². The van der Waals surface area contributed by atoms with Gasteiger partial charge in [0.1, 0.15) is 5.69 Å². The summed E-state index contributed by atoms with van der Waals surface area (Å²) >= 11 is 0. The van der Waals surface area contributed by atoms with Gasteiger partial charge in [-0.25, -0.2) is 0 Å². The summed E-state index contributed by atoms with van der Waals surface area (Å²) in [6.07, 6.45) is 7.83. The number of nitrogens with zero attached hydrogens (tertiary/aromatic N) is 1. The van der Waals surface area contributed by atoms with Crippen LogP contribution in [0.5, 0.6) is 0 Å². The molecule has 2 aromatic carbocycles. The van der Waals surface area contributed by atoms with Gasteiger partial charge in [-0.1, -0.05) is 44.2 Å². The van der Waals surface area contributed by atoms with E-state index in [0.29, 0.717) is 5.69 Å². The molecule has 36 heavy (non-hydrogen) atoms. The van der Waals surface area contributed by atoms with E-state index in [0.717, 1.165) is 67.7 Å². The third-order valence-electron chi connectivity index (χ3n) is 8.22. The number of rotatable bonds is 7. The predicted octanol–water partition coefficient (Wildman–Crippen LogP) is 5.79. The second-order valence-corrected chi connectivity index (χ2v) is 11.1. The van der Waals surface area contributed by atoms with Crippen LogP contribution in [0, 0.1) is 11.8 Å². The zero-order chi connectivity index (χ0) is 25.1. The normalized spacial score (nSPS) is 20.8. The van der Waals surface area contributed by atoms with Crippen LogP contribution in [0.2, 0.25) is 0 Å². The first kappa shape index (κ1) is 24.8. The van der Waals surface area contributed by atoms with Crippen molar-refractivity contribution in [2.75, 3.05) is 19.6 Å². The lowest BCUT2D eigenvalue weighted by molar-refractivity contribution is 0.0913. The highest BCUT2D eigenvalue weighted by atomic mass is 16.2. The highest BCUT2D eigenvalue weighted by Gasteiger charge is 2.24. The molecule has 2 heterocycles. The Morgan fingerprint density at radius 1 is 0.972 bits per heavy atom. The van der Waals surface area contributed by atoms with Gasteiger partial charge in [-0.15, -0.1) is 0 Å². The molecule has 190 valence electrons. The van der Waals surface area contributed by atoms with E-state index in [1.807, 2.05) is 50.2 Å². The summed E-state index contributed by atoms with van der Waals surface area (Å²) in [5.41, 5.74) is 5.29. The Bertz CT molecular complexity index is 1190. The van der Waals surface area contributed by atoms with Gasteiger partial charge in [0.05, 0.1) is 0 Å². The highest BCUT2D eigenvalue weighted by Crippen LogP contribution is 2.28. The standard InChI is InChI=1S/C31H39N3O2/c1-21(2)30(35)26-10-9-23-14-17-34(18-15-24(23)19-26)16-13-22-7-11-27(12-8-22)32-31(36)29-20-25-5-3-4-6-28(25)33-29/h3-6,9-10,19-22,27,33H,7-8,11-18H2,1-2H3,(H,32,36)/t22-,27-. The van der Waals surface area contributed by atoms with Crippen LogP contribution < -0.4 is 5.32 Å². The molecule has 2 aliphatic rings. The number of carbonyl (C=O) groups is 2. The van der Waals surface area contributed by atoms with Crippen molar-refractivity contribution in [3.05, 3.63) is 70.9 Å². The first-order chi connectivity index (χ1) is 17.5. The van der Waals surface area contributed by atoms with Crippen LogP contribution in [0.3, 0.4) is 0 Å². The van der Waals surface area contributed by atoms with Crippen LogP contribution in [0.4, 0.5) is 0 Å². The van der Waals surface area contributed by atoms with Crippen LogP contribution >= 0.6 is 0 Å². The molecule has 0 unspecified atom stereocenters. The number of aromatic nitrogens is 1. The van der Waals surface area contributed by atoms with Crippen molar-refractivity contribution in [1.29, 1.82) is 0 Å². The number of hydrogen-bond donors (Lipinski definition) is 2. The predicted molar refractivity (Wildman–Crippen MR) is 146 cm³/mol. The molecule has 1 amide bonds. The largest absolute Gasteiger partial charge is 0.351 e. The average Bonchev–Trinajstić information content (AvgIpc) is 3.23. The van der Waals surface area contributed by atoms with Gasteiger partial charge in [-0.2, -0.15) is 0 Å². The molecule has 5 heteroatoms. The fourth-order valence-corrected chi connectivity index (χ4v) is 5.90. The van der Waals surface area contributed by atoms with Crippen molar-refractivity contribution in [1.82, 2.24) is 15.2 Å². The minimum Gasteiger partial charge on any atom is -0.351 e. The zero-order valence-electron chi connectivity index (χ0n) is 21.7. The Labute approximate surface area is 214 Å². The summed E-state index contributed by atoms with van der Waals surface area (Å²) in [6, 6.07) is 16.6. The number of carbonyl (C=O) groups excluding carboxylic acids is 2. The lowest BCUT2D eigenvalue weighted by Crippen LogP contribution is -2.38. The van der Waals surface area contributed by atoms with E-state index in [-0.39, 0.29) is 23.7 Å². The fraction of sp³-hybridized carbons (Fsp3) is 0.484. The highest BCUT2D eigenvalue weighted by molar-refractivity contribution is 5.98. The Morgan fingerprint density at radius 2 is 1.72 bits per heavy atom. The monoisotopic (exact) mass is 485 g/mol. The molecule has 0 bridgehead atoms. The van der Waals surface area contributed by atoms with Crippen molar-refractivity contribution >= 4 is 22.6 Å². The van der Waals surface area contributed by atoms with Gasteiger partial charge in [0.25, 0.3) is 5.91 Å². The molecule has 1 saturated carbocycles. The molecule has 1 fully saturated rings. The minimum absolute atomic E-state index is 0.0111. The van der Waals surface area contributed by atoms with Gasteiger partial charge in [0.15, 0.2) is 5.78 Å². The van der Waals surface area contributed by atoms with Crippen LogP contribution in [-0.4, -0.2) is 47.3 Å². The molecule has 0 spiro atoms. The molecular formula is C31H39N3O2. The summed E-state index contributed by atoms with van der Waals surface area (Å²) in [5, 5.41) is 4.33. The minimum atomic E-state index is 0.0111. The van der Waals surface area contributed by atoms with E-state index in [2.05, 4.69) is 27.3 Å². The summed E-state index contributed by atoms with van der Waals surface area (Å²) in [7, 11) is 0. The Kier molecular flexibility index (Phi) is 7.56.